The molecule has 1 fully saturated rings. The summed E-state index contributed by atoms with van der Waals surface area (Å²) in [5, 5.41) is 16.0. The Hall–Kier alpha value is -3.48. The zero-order chi connectivity index (χ0) is 24.5. The van der Waals surface area contributed by atoms with Gasteiger partial charge in [-0.3, -0.25) is 0 Å². The normalized spacial score (nSPS) is 14.7. The van der Waals surface area contributed by atoms with E-state index >= 15 is 0 Å². The number of benzene rings is 3. The van der Waals surface area contributed by atoms with E-state index in [1.165, 1.54) is 15.9 Å². The number of hydrogen-bond acceptors (Lipinski definition) is 3. The van der Waals surface area contributed by atoms with Crippen molar-refractivity contribution in [1.82, 2.24) is 10.2 Å². The van der Waals surface area contributed by atoms with Crippen molar-refractivity contribution in [3.63, 3.8) is 0 Å². The van der Waals surface area contributed by atoms with Crippen molar-refractivity contribution in [2.24, 2.45) is 5.92 Å². The average Bonchev–Trinajstić information content (AvgIpc) is 2.93. The van der Waals surface area contributed by atoms with Gasteiger partial charge in [-0.2, -0.15) is 0 Å². The summed E-state index contributed by atoms with van der Waals surface area (Å²) >= 11 is 0. The first-order chi connectivity index (χ1) is 17.1. The summed E-state index contributed by atoms with van der Waals surface area (Å²) in [5.41, 5.74) is 0. The molecule has 2 amide bonds. The van der Waals surface area contributed by atoms with Crippen LogP contribution in [0.4, 0.5) is 0 Å². The Morgan fingerprint density at radius 3 is 1.71 bits per heavy atom. The van der Waals surface area contributed by atoms with Crippen LogP contribution in [-0.2, 0) is 9.59 Å². The molecule has 0 unspecified atom stereocenters. The van der Waals surface area contributed by atoms with Gasteiger partial charge in [-0.1, -0.05) is 0 Å². The van der Waals surface area contributed by atoms with Crippen LogP contribution < -0.4 is 21.2 Å². The van der Waals surface area contributed by atoms with Crippen LogP contribution in [0, 0.1) is 17.2 Å². The van der Waals surface area contributed by atoms with Crippen molar-refractivity contribution in [3.8, 4) is 6.07 Å². The molecule has 0 atom stereocenters. The van der Waals surface area contributed by atoms with Crippen LogP contribution in [0.1, 0.15) is 19.3 Å². The summed E-state index contributed by atoms with van der Waals surface area (Å²) in [6.07, 6.45) is 2.04. The van der Waals surface area contributed by atoms with Gasteiger partial charge < -0.3 is 0 Å². The summed E-state index contributed by atoms with van der Waals surface area (Å²) in [7, 11) is -2.37. The molecule has 0 saturated carbocycles. The van der Waals surface area contributed by atoms with Crippen molar-refractivity contribution in [2.75, 3.05) is 25.8 Å². The molecule has 35 heavy (non-hydrogen) atoms. The number of nitriles is 1. The molecule has 0 bridgehead atoms. The van der Waals surface area contributed by atoms with Crippen molar-refractivity contribution < 1.29 is 9.59 Å². The molecule has 4 rings (SSSR count). The Kier molecular flexibility index (Phi) is 8.29. The third-order valence-electron chi connectivity index (χ3n) is 7.05. The van der Waals surface area contributed by atoms with Crippen molar-refractivity contribution >= 4 is 35.0 Å². The van der Waals surface area contributed by atoms with E-state index in [0.29, 0.717) is 32.5 Å². The molecule has 6 heteroatoms. The van der Waals surface area contributed by atoms with E-state index in [-0.39, 0.29) is 24.2 Å². The van der Waals surface area contributed by atoms with Gasteiger partial charge in [-0.05, 0) is 0 Å². The Labute approximate surface area is 208 Å². The number of rotatable bonds is 8. The summed E-state index contributed by atoms with van der Waals surface area (Å²) < 4.78 is 0. The van der Waals surface area contributed by atoms with Gasteiger partial charge in [0, 0.05) is 0 Å². The van der Waals surface area contributed by atoms with Crippen LogP contribution in [-0.4, -0.2) is 42.5 Å². The molecule has 0 aromatic heterocycles. The molecular weight excluding hydrogens is 453 g/mol. The van der Waals surface area contributed by atoms with Crippen LogP contribution in [0.15, 0.2) is 91.0 Å². The van der Waals surface area contributed by atoms with Crippen molar-refractivity contribution in [3.05, 3.63) is 91.0 Å². The van der Waals surface area contributed by atoms with Gasteiger partial charge >= 0.3 is 208 Å². The maximum absolute atomic E-state index is 13.0. The van der Waals surface area contributed by atoms with Gasteiger partial charge in [-0.15, -0.1) is 0 Å². The summed E-state index contributed by atoms with van der Waals surface area (Å²) in [6.45, 7) is 1.67. The predicted octanol–water partition coefficient (Wildman–Crippen LogP) is 2.98. The number of amides is 2. The zero-order valence-corrected chi connectivity index (χ0v) is 20.9. The SMILES string of the molecule is N#CCC(=O)N1CCC(C(=O)NCC[PH](c2ccccc2)(c2ccccc2)c2ccccc2)CC1. The van der Waals surface area contributed by atoms with E-state index < -0.39 is 7.26 Å². The van der Waals surface area contributed by atoms with E-state index in [2.05, 4.69) is 78.1 Å². The second kappa shape index (κ2) is 11.8. The number of nitrogens with zero attached hydrogens (tertiary/aromatic N) is 2. The summed E-state index contributed by atoms with van der Waals surface area (Å²) in [5.74, 6) is -0.174. The summed E-state index contributed by atoms with van der Waals surface area (Å²) in [6, 6.07) is 34.0. The molecule has 5 nitrogen and oxygen atoms in total. The van der Waals surface area contributed by atoms with E-state index in [4.69, 9.17) is 5.26 Å². The van der Waals surface area contributed by atoms with Gasteiger partial charge in [-0.25, -0.2) is 0 Å². The number of hydrogen-bond donors (Lipinski definition) is 1. The molecule has 1 aliphatic heterocycles. The summed E-state index contributed by atoms with van der Waals surface area (Å²) in [4.78, 5) is 26.7. The van der Waals surface area contributed by atoms with Crippen LogP contribution in [0.3, 0.4) is 0 Å². The van der Waals surface area contributed by atoms with E-state index in [0.717, 1.165) is 6.16 Å². The van der Waals surface area contributed by atoms with E-state index in [1.807, 2.05) is 24.3 Å². The van der Waals surface area contributed by atoms with Gasteiger partial charge in [0.15, 0.2) is 0 Å². The second-order valence-corrected chi connectivity index (χ2v) is 13.1. The molecular formula is C29H32N3O2P. The molecule has 3 aromatic carbocycles. The third-order valence-corrected chi connectivity index (χ3v) is 12.0. The van der Waals surface area contributed by atoms with Gasteiger partial charge in [0.1, 0.15) is 0 Å². The predicted molar refractivity (Wildman–Crippen MR) is 144 cm³/mol. The molecule has 0 radical (unpaired) electrons. The first-order valence-corrected chi connectivity index (χ1v) is 14.4. The molecule has 1 heterocycles. The van der Waals surface area contributed by atoms with Crippen LogP contribution in [0.25, 0.3) is 0 Å². The molecule has 1 aliphatic rings. The number of likely N-dealkylation sites (tertiary alicyclic amines) is 1. The van der Waals surface area contributed by atoms with E-state index in [1.54, 1.807) is 4.90 Å². The van der Waals surface area contributed by atoms with Crippen molar-refractivity contribution in [1.29, 1.82) is 5.26 Å². The van der Waals surface area contributed by atoms with Crippen LogP contribution in [0.2, 0.25) is 0 Å². The number of carbonyl (C=O) groups is 2. The quantitative estimate of drug-likeness (QED) is 0.499. The maximum atomic E-state index is 13.0. The third kappa shape index (κ3) is 5.61. The molecule has 0 spiro atoms. The molecule has 1 N–H and O–H groups in total. The molecule has 1 saturated heterocycles. The Bertz CT molecular complexity index is 1060. The average molecular weight is 486 g/mol. The fourth-order valence-corrected chi connectivity index (χ4v) is 9.84. The number of carbonyl (C=O) groups excluding carboxylic acids is 2. The molecule has 3 aromatic rings. The van der Waals surface area contributed by atoms with Gasteiger partial charge in [0.25, 0.3) is 0 Å². The van der Waals surface area contributed by atoms with Crippen molar-refractivity contribution in [2.45, 2.75) is 19.3 Å². The standard InChI is InChI=1S/C29H32N3O2P/c30-19-16-28(33)32-21-17-24(18-22-32)29(34)31-20-23-35(25-10-4-1-5-11-25,26-12-6-2-7-13-26)27-14-8-3-9-15-27/h1-15,24,35H,16-18,20-23H2,(H,31,34). The van der Waals surface area contributed by atoms with Gasteiger partial charge in [0.2, 0.25) is 0 Å². The molecule has 180 valence electrons. The fraction of sp³-hybridized carbons (Fsp3) is 0.276. The number of nitrogens with one attached hydrogen (secondary N) is 1. The minimum atomic E-state index is -2.37. The Morgan fingerprint density at radius 2 is 1.29 bits per heavy atom. The number of piperidine rings is 1. The topological polar surface area (TPSA) is 73.2 Å². The second-order valence-electron chi connectivity index (χ2n) is 9.03. The monoisotopic (exact) mass is 485 g/mol. The van der Waals surface area contributed by atoms with Crippen LogP contribution in [0.5, 0.6) is 0 Å². The first kappa shape index (κ1) is 24.6. The van der Waals surface area contributed by atoms with E-state index in [9.17, 15) is 9.59 Å². The van der Waals surface area contributed by atoms with Gasteiger partial charge in [0.05, 0.1) is 0 Å². The first-order valence-electron chi connectivity index (χ1n) is 12.2. The Balaban J connectivity index is 1.52. The minimum absolute atomic E-state index is 0.0643. The zero-order valence-electron chi connectivity index (χ0n) is 19.9. The fourth-order valence-electron chi connectivity index (χ4n) is 5.19. The molecule has 0 aliphatic carbocycles. The Morgan fingerprint density at radius 1 is 0.829 bits per heavy atom. The van der Waals surface area contributed by atoms with Crippen LogP contribution >= 0.6 is 7.26 Å².